The number of fused-ring (bicyclic) bond motifs is 2. The van der Waals surface area contributed by atoms with Crippen LogP contribution in [0.4, 0.5) is 11.4 Å². The van der Waals surface area contributed by atoms with Gasteiger partial charge in [0.05, 0.1) is 16.9 Å². The zero-order chi connectivity index (χ0) is 15.6. The first-order chi connectivity index (χ1) is 10.0. The molecule has 4 nitrogen and oxygen atoms in total. The van der Waals surface area contributed by atoms with E-state index in [0.29, 0.717) is 22.4 Å². The van der Waals surface area contributed by atoms with E-state index in [1.54, 1.807) is 36.4 Å². The molecular formula is C14H10MoN2O2S2. The zero-order valence-corrected chi connectivity index (χ0v) is 14.3. The van der Waals surface area contributed by atoms with Gasteiger partial charge in [-0.3, -0.25) is 9.59 Å². The van der Waals surface area contributed by atoms with E-state index in [1.807, 2.05) is 0 Å². The van der Waals surface area contributed by atoms with E-state index in [2.05, 4.69) is 19.6 Å². The number of rotatable bonds is 0. The monoisotopic (exact) mass is 400 g/mol. The molecule has 0 atom stereocenters. The number of anilines is 2. The molecule has 7 heteroatoms. The predicted octanol–water partition coefficient (Wildman–Crippen LogP) is 2.92. The second-order valence-corrected chi connectivity index (χ2v) is 7.82. The van der Waals surface area contributed by atoms with Crippen molar-refractivity contribution in [3.63, 3.8) is 0 Å². The number of nitrogens with two attached hydrogens (primary N) is 2. The Balaban J connectivity index is 0.000000497. The summed E-state index contributed by atoms with van der Waals surface area (Å²) in [5.74, 6) is -0.433. The molecule has 0 aliphatic heterocycles. The van der Waals surface area contributed by atoms with Crippen molar-refractivity contribution in [3.05, 3.63) is 58.7 Å². The van der Waals surface area contributed by atoms with E-state index in [1.165, 1.54) is 0 Å². The first kappa shape index (κ1) is 15.9. The fourth-order valence-electron chi connectivity index (χ4n) is 2.23. The molecule has 0 fully saturated rings. The fraction of sp³-hybridized carbons (Fsp3) is 0. The summed E-state index contributed by atoms with van der Waals surface area (Å²) in [5.41, 5.74) is 13.3. The molecule has 2 aromatic rings. The van der Waals surface area contributed by atoms with Crippen molar-refractivity contribution in [1.29, 1.82) is 0 Å². The molecule has 0 radical (unpaired) electrons. The van der Waals surface area contributed by atoms with Crippen LogP contribution in [0.25, 0.3) is 0 Å². The Morgan fingerprint density at radius 2 is 1.33 bits per heavy atom. The second-order valence-electron chi connectivity index (χ2n) is 4.26. The Labute approximate surface area is 136 Å². The number of hydrogen-bond acceptors (Lipinski definition) is 6. The van der Waals surface area contributed by atoms with Gasteiger partial charge in [-0.25, -0.2) is 0 Å². The minimum absolute atomic E-state index is 0.181. The Hall–Kier alpha value is -1.49. The minimum atomic E-state index is -0.363. The third-order valence-corrected chi connectivity index (χ3v) is 3.17. The van der Waals surface area contributed by atoms with E-state index in [9.17, 15) is 9.59 Å². The van der Waals surface area contributed by atoms with Crippen LogP contribution in [0.3, 0.4) is 0 Å². The van der Waals surface area contributed by atoms with Crippen LogP contribution in [0, 0.1) is 0 Å². The number of carbonyl (C=O) groups excluding carboxylic acids is 2. The Kier molecular flexibility index (Phi) is 4.93. The van der Waals surface area contributed by atoms with Gasteiger partial charge in [0, 0.05) is 16.7 Å². The van der Waals surface area contributed by atoms with Crippen LogP contribution in [-0.2, 0) is 14.9 Å². The van der Waals surface area contributed by atoms with Gasteiger partial charge in [0.15, 0.2) is 11.6 Å². The molecule has 0 spiro atoms. The summed E-state index contributed by atoms with van der Waals surface area (Å²) in [5, 5.41) is 0. The number of hydrogen-bond donors (Lipinski definition) is 2. The van der Waals surface area contributed by atoms with E-state index in [-0.39, 0.29) is 37.7 Å². The number of ketones is 2. The van der Waals surface area contributed by atoms with Gasteiger partial charge < -0.3 is 11.5 Å². The average molecular weight is 398 g/mol. The molecule has 0 amide bonds. The number of benzene rings is 2. The number of carbonyl (C=O) groups is 2. The van der Waals surface area contributed by atoms with Crippen molar-refractivity contribution in [3.8, 4) is 0 Å². The molecule has 0 aromatic heterocycles. The maximum atomic E-state index is 12.3. The molecular weight excluding hydrogens is 388 g/mol. The van der Waals surface area contributed by atoms with Crippen molar-refractivity contribution >= 4 is 42.6 Å². The topological polar surface area (TPSA) is 86.2 Å². The summed E-state index contributed by atoms with van der Waals surface area (Å²) in [7, 11) is 8.68. The molecule has 0 bridgehead atoms. The van der Waals surface area contributed by atoms with E-state index < -0.39 is 0 Å². The molecule has 1 aliphatic rings. The molecule has 1 aliphatic carbocycles. The summed E-state index contributed by atoms with van der Waals surface area (Å²) < 4.78 is 0. The molecule has 3 rings (SSSR count). The summed E-state index contributed by atoms with van der Waals surface area (Å²) in [6, 6.07) is 9.82. The quantitative estimate of drug-likeness (QED) is 0.447. The predicted molar refractivity (Wildman–Crippen MR) is 83.8 cm³/mol. The van der Waals surface area contributed by atoms with Gasteiger partial charge in [0.25, 0.3) is 0 Å². The summed E-state index contributed by atoms with van der Waals surface area (Å²) in [4.78, 5) is 24.6. The van der Waals surface area contributed by atoms with Crippen LogP contribution in [-0.4, -0.2) is 11.6 Å². The van der Waals surface area contributed by atoms with E-state index in [0.717, 1.165) is 0 Å². The molecule has 0 saturated carbocycles. The molecule has 0 unspecified atom stereocenters. The number of nitrogen functional groups attached to an aromatic ring is 2. The molecule has 0 heterocycles. The normalized spacial score (nSPS) is 11.8. The Bertz CT molecular complexity index is 800. The van der Waals surface area contributed by atoms with Gasteiger partial charge in [-0.2, -0.15) is 0 Å². The zero-order valence-electron chi connectivity index (χ0n) is 10.7. The Morgan fingerprint density at radius 3 is 1.90 bits per heavy atom. The Morgan fingerprint density at radius 1 is 0.810 bits per heavy atom. The van der Waals surface area contributed by atoms with Gasteiger partial charge in [0.1, 0.15) is 0 Å². The first-order valence-corrected chi connectivity index (χ1v) is 11.4. The van der Waals surface area contributed by atoms with Crippen LogP contribution in [0.1, 0.15) is 31.8 Å². The standard InChI is InChI=1S/C14H10N2O2.Mo.2S/c15-10-6-5-9-11(12(10)16)14(18)8-4-2-1-3-7(8)13(9)17;;;/h1-6H,15-16H2;;;. The molecule has 4 N–H and O–H groups in total. The van der Waals surface area contributed by atoms with Crippen molar-refractivity contribution in [2.24, 2.45) is 0 Å². The fourth-order valence-corrected chi connectivity index (χ4v) is 2.23. The van der Waals surface area contributed by atoms with Crippen molar-refractivity contribution in [2.75, 3.05) is 11.5 Å². The van der Waals surface area contributed by atoms with Crippen molar-refractivity contribution in [1.82, 2.24) is 0 Å². The van der Waals surface area contributed by atoms with Crippen LogP contribution in [0.5, 0.6) is 0 Å². The third-order valence-electron chi connectivity index (χ3n) is 3.17. The summed E-state index contributed by atoms with van der Waals surface area (Å²) in [6.07, 6.45) is 0. The average Bonchev–Trinajstić information content (AvgIpc) is 2.48. The van der Waals surface area contributed by atoms with Crippen LogP contribution in [0.2, 0.25) is 0 Å². The van der Waals surface area contributed by atoms with Crippen molar-refractivity contribution in [2.45, 2.75) is 0 Å². The van der Waals surface area contributed by atoms with Gasteiger partial charge in [0.2, 0.25) is 0 Å². The van der Waals surface area contributed by atoms with Crippen LogP contribution in [0.15, 0.2) is 36.4 Å². The van der Waals surface area contributed by atoms with E-state index in [4.69, 9.17) is 11.5 Å². The van der Waals surface area contributed by atoms with Crippen molar-refractivity contribution < 1.29 is 24.5 Å². The molecule has 21 heavy (non-hydrogen) atoms. The van der Waals surface area contributed by atoms with Crippen LogP contribution < -0.4 is 11.5 Å². The second kappa shape index (κ2) is 6.52. The van der Waals surface area contributed by atoms with Gasteiger partial charge in [-0.1, -0.05) is 24.3 Å². The molecule has 0 saturated heterocycles. The van der Waals surface area contributed by atoms with Gasteiger partial charge in [-0.15, -0.1) is 0 Å². The van der Waals surface area contributed by atoms with Crippen LogP contribution >= 0.6 is 19.6 Å². The summed E-state index contributed by atoms with van der Waals surface area (Å²) in [6.45, 7) is 0. The van der Waals surface area contributed by atoms with Gasteiger partial charge in [-0.05, 0) is 12.1 Å². The SMILES string of the molecule is Nc1ccc2c(c1N)C(=O)c1ccccc1C2=O.[S]=[Mo]=[S]. The summed E-state index contributed by atoms with van der Waals surface area (Å²) >= 11 is -0.363. The maximum absolute atomic E-state index is 12.3. The first-order valence-electron chi connectivity index (χ1n) is 5.81. The molecule has 2 aromatic carbocycles. The van der Waals surface area contributed by atoms with Gasteiger partial charge >= 0.3 is 34.6 Å². The molecule has 106 valence electrons. The third kappa shape index (κ3) is 2.79. The van der Waals surface area contributed by atoms with E-state index >= 15 is 0 Å².